The second-order valence-corrected chi connectivity index (χ2v) is 5.32. The molecule has 1 aliphatic heterocycles. The van der Waals surface area contributed by atoms with Crippen molar-refractivity contribution in [1.82, 2.24) is 5.06 Å². The summed E-state index contributed by atoms with van der Waals surface area (Å²) in [6, 6.07) is 4.53. The molecule has 3 N–H and O–H groups in total. The van der Waals surface area contributed by atoms with E-state index < -0.39 is 17.7 Å². The summed E-state index contributed by atoms with van der Waals surface area (Å²) in [5.74, 6) is -2.97. The average Bonchev–Trinajstić information content (AvgIpc) is 2.55. The molecule has 0 fully saturated rings. The zero-order valence-corrected chi connectivity index (χ0v) is 12.6. The maximum Gasteiger partial charge on any atom is 0.285 e. The molecule has 0 radical (unpaired) electrons. The van der Waals surface area contributed by atoms with Crippen LogP contribution in [0.3, 0.4) is 0 Å². The fourth-order valence-electron chi connectivity index (χ4n) is 2.71. The third-order valence-corrected chi connectivity index (χ3v) is 4.01. The number of carbonyl (C=O) groups is 3. The first-order valence-corrected chi connectivity index (χ1v) is 7.13. The third-order valence-electron chi connectivity index (χ3n) is 3.77. The van der Waals surface area contributed by atoms with Gasteiger partial charge in [-0.3, -0.25) is 19.6 Å². The number of imide groups is 1. The first kappa shape index (κ1) is 15.3. The smallest absolute Gasteiger partial charge is 0.285 e. The SMILES string of the molecule is Cc1c(O)c(NC(=O)CCl)c2cccc3c2c1C(=O)N(O)C3=O. The molecule has 3 rings (SSSR count). The molecule has 1 heterocycles. The van der Waals surface area contributed by atoms with Gasteiger partial charge in [-0.1, -0.05) is 12.1 Å². The van der Waals surface area contributed by atoms with Crippen LogP contribution in [0.4, 0.5) is 5.69 Å². The molecule has 118 valence electrons. The van der Waals surface area contributed by atoms with Crippen molar-refractivity contribution < 1.29 is 24.7 Å². The lowest BCUT2D eigenvalue weighted by Crippen LogP contribution is -2.38. The van der Waals surface area contributed by atoms with Gasteiger partial charge in [0.25, 0.3) is 11.8 Å². The number of halogens is 1. The van der Waals surface area contributed by atoms with Gasteiger partial charge in [0.05, 0.1) is 16.8 Å². The average molecular weight is 335 g/mol. The Hall–Kier alpha value is -2.64. The number of hydrogen-bond acceptors (Lipinski definition) is 5. The van der Waals surface area contributed by atoms with Crippen LogP contribution in [0.2, 0.25) is 0 Å². The van der Waals surface area contributed by atoms with Crippen LogP contribution in [-0.4, -0.2) is 39.0 Å². The van der Waals surface area contributed by atoms with E-state index in [1.54, 1.807) is 6.07 Å². The van der Waals surface area contributed by atoms with Gasteiger partial charge in [-0.2, -0.15) is 0 Å². The number of anilines is 1. The zero-order valence-electron chi connectivity index (χ0n) is 11.9. The van der Waals surface area contributed by atoms with E-state index >= 15 is 0 Å². The van der Waals surface area contributed by atoms with Crippen LogP contribution in [0, 0.1) is 6.92 Å². The van der Waals surface area contributed by atoms with E-state index in [1.807, 2.05) is 0 Å². The molecule has 0 atom stereocenters. The van der Waals surface area contributed by atoms with Crippen LogP contribution in [0.1, 0.15) is 26.3 Å². The van der Waals surface area contributed by atoms with E-state index in [0.29, 0.717) is 5.39 Å². The highest BCUT2D eigenvalue weighted by Crippen LogP contribution is 2.42. The number of nitrogens with one attached hydrogen (secondary N) is 1. The normalized spacial score (nSPS) is 13.6. The van der Waals surface area contributed by atoms with Crippen LogP contribution in [0.5, 0.6) is 5.75 Å². The quantitative estimate of drug-likeness (QED) is 0.337. The molecule has 0 saturated carbocycles. The van der Waals surface area contributed by atoms with Crippen molar-refractivity contribution >= 4 is 45.8 Å². The molecule has 2 aromatic carbocycles. The van der Waals surface area contributed by atoms with Gasteiger partial charge in [0.1, 0.15) is 11.6 Å². The second kappa shape index (κ2) is 5.22. The molecule has 8 heteroatoms. The number of hydrogen-bond donors (Lipinski definition) is 3. The van der Waals surface area contributed by atoms with Crippen LogP contribution >= 0.6 is 11.6 Å². The Balaban J connectivity index is 2.45. The summed E-state index contributed by atoms with van der Waals surface area (Å²) in [4.78, 5) is 35.9. The van der Waals surface area contributed by atoms with Gasteiger partial charge in [-0.05, 0) is 13.0 Å². The lowest BCUT2D eigenvalue weighted by Gasteiger charge is -2.25. The summed E-state index contributed by atoms with van der Waals surface area (Å²) in [5.41, 5.74) is 0.329. The standard InChI is InChI=1S/C15H11ClN2O5/c1-6-10-11-7(12(13(6)20)17-9(19)5-16)3-2-4-8(11)14(21)18(23)15(10)22/h2-4,20,23H,5H2,1H3,(H,17,19). The number of carbonyl (C=O) groups excluding carboxylic acids is 3. The highest BCUT2D eigenvalue weighted by Gasteiger charge is 2.35. The van der Waals surface area contributed by atoms with Gasteiger partial charge >= 0.3 is 0 Å². The number of hydroxylamine groups is 2. The lowest BCUT2D eigenvalue weighted by atomic mass is 9.90. The number of amides is 3. The van der Waals surface area contributed by atoms with Crippen LogP contribution < -0.4 is 5.32 Å². The first-order chi connectivity index (χ1) is 10.9. The molecule has 0 aliphatic carbocycles. The zero-order chi connectivity index (χ0) is 16.9. The number of nitrogens with zero attached hydrogens (tertiary/aromatic N) is 1. The number of rotatable bonds is 2. The van der Waals surface area contributed by atoms with E-state index in [-0.39, 0.29) is 44.5 Å². The molecule has 7 nitrogen and oxygen atoms in total. The Kier molecular flexibility index (Phi) is 3.46. The van der Waals surface area contributed by atoms with Gasteiger partial charge in [-0.15, -0.1) is 16.7 Å². The fraction of sp³-hybridized carbons (Fsp3) is 0.133. The van der Waals surface area contributed by atoms with Crippen molar-refractivity contribution in [2.75, 3.05) is 11.2 Å². The second-order valence-electron chi connectivity index (χ2n) is 5.06. The van der Waals surface area contributed by atoms with Crippen molar-refractivity contribution in [1.29, 1.82) is 0 Å². The Bertz CT molecular complexity index is 893. The largest absolute Gasteiger partial charge is 0.505 e. The number of phenols is 1. The first-order valence-electron chi connectivity index (χ1n) is 6.60. The van der Waals surface area contributed by atoms with E-state index in [4.69, 9.17) is 11.6 Å². The summed E-state index contributed by atoms with van der Waals surface area (Å²) in [6.45, 7) is 1.46. The van der Waals surface area contributed by atoms with Gasteiger partial charge in [0, 0.05) is 16.3 Å². The monoisotopic (exact) mass is 334 g/mol. The van der Waals surface area contributed by atoms with Crippen molar-refractivity contribution in [3.63, 3.8) is 0 Å². The molecule has 3 amide bonds. The van der Waals surface area contributed by atoms with E-state index in [2.05, 4.69) is 5.32 Å². The van der Waals surface area contributed by atoms with Gasteiger partial charge in [0.2, 0.25) is 5.91 Å². The summed E-state index contributed by atoms with van der Waals surface area (Å²) in [7, 11) is 0. The minimum Gasteiger partial charge on any atom is -0.505 e. The minimum absolute atomic E-state index is 0.0130. The summed E-state index contributed by atoms with van der Waals surface area (Å²) < 4.78 is 0. The lowest BCUT2D eigenvalue weighted by molar-refractivity contribution is -0.113. The number of benzene rings is 2. The summed E-state index contributed by atoms with van der Waals surface area (Å²) >= 11 is 5.47. The number of phenolic OH excluding ortho intramolecular Hbond substituents is 1. The predicted octanol–water partition coefficient (Wildman–Crippen LogP) is 2.02. The Morgan fingerprint density at radius 2 is 2.00 bits per heavy atom. The molecular formula is C15H11ClN2O5. The van der Waals surface area contributed by atoms with E-state index in [9.17, 15) is 24.7 Å². The Labute approximate surface area is 135 Å². The Morgan fingerprint density at radius 3 is 2.65 bits per heavy atom. The Morgan fingerprint density at radius 1 is 1.30 bits per heavy atom. The van der Waals surface area contributed by atoms with Crippen molar-refractivity contribution in [3.05, 3.63) is 34.9 Å². The highest BCUT2D eigenvalue weighted by molar-refractivity contribution is 6.31. The van der Waals surface area contributed by atoms with E-state index in [1.165, 1.54) is 19.1 Å². The molecule has 23 heavy (non-hydrogen) atoms. The molecule has 0 spiro atoms. The third kappa shape index (κ3) is 2.05. The summed E-state index contributed by atoms with van der Waals surface area (Å²) in [6.07, 6.45) is 0. The van der Waals surface area contributed by atoms with Gasteiger partial charge in [-0.25, -0.2) is 0 Å². The van der Waals surface area contributed by atoms with Crippen molar-refractivity contribution in [3.8, 4) is 5.75 Å². The molecule has 0 aromatic heterocycles. The predicted molar refractivity (Wildman–Crippen MR) is 82.0 cm³/mol. The maximum atomic E-state index is 12.2. The van der Waals surface area contributed by atoms with Crippen LogP contribution in [-0.2, 0) is 4.79 Å². The fourth-order valence-corrected chi connectivity index (χ4v) is 2.77. The van der Waals surface area contributed by atoms with Crippen molar-refractivity contribution in [2.24, 2.45) is 0 Å². The molecule has 0 bridgehead atoms. The molecular weight excluding hydrogens is 324 g/mol. The maximum absolute atomic E-state index is 12.2. The number of alkyl halides is 1. The van der Waals surface area contributed by atoms with Crippen molar-refractivity contribution in [2.45, 2.75) is 6.92 Å². The molecule has 0 saturated heterocycles. The molecule has 2 aromatic rings. The number of aromatic hydroxyl groups is 1. The molecule has 1 aliphatic rings. The highest BCUT2D eigenvalue weighted by atomic mass is 35.5. The topological polar surface area (TPSA) is 107 Å². The molecule has 0 unspecified atom stereocenters. The van der Waals surface area contributed by atoms with Gasteiger partial charge < -0.3 is 10.4 Å². The summed E-state index contributed by atoms with van der Waals surface area (Å²) in [5, 5.41) is 23.1. The van der Waals surface area contributed by atoms with Crippen LogP contribution in [0.15, 0.2) is 18.2 Å². The van der Waals surface area contributed by atoms with E-state index in [0.717, 1.165) is 0 Å². The minimum atomic E-state index is -0.929. The van der Waals surface area contributed by atoms with Crippen LogP contribution in [0.25, 0.3) is 10.8 Å². The van der Waals surface area contributed by atoms with Gasteiger partial charge in [0.15, 0.2) is 0 Å².